The molecule has 1 atom stereocenters. The van der Waals surface area contributed by atoms with Crippen molar-refractivity contribution < 1.29 is 19.0 Å². The van der Waals surface area contributed by atoms with Crippen LogP contribution >= 0.6 is 0 Å². The van der Waals surface area contributed by atoms with Crippen LogP contribution in [0.4, 0.5) is 5.69 Å². The summed E-state index contributed by atoms with van der Waals surface area (Å²) in [5, 5.41) is 9.75. The molecule has 0 fully saturated rings. The molecule has 1 amide bonds. The maximum atomic E-state index is 13.0. The Labute approximate surface area is 174 Å². The van der Waals surface area contributed by atoms with Crippen LogP contribution in [0.15, 0.2) is 48.8 Å². The van der Waals surface area contributed by atoms with Crippen molar-refractivity contribution >= 4 is 11.6 Å². The summed E-state index contributed by atoms with van der Waals surface area (Å²) >= 11 is 0. The van der Waals surface area contributed by atoms with E-state index in [1.54, 1.807) is 19.5 Å². The number of carbonyl (C=O) groups excluding carboxylic acids is 1. The van der Waals surface area contributed by atoms with Crippen LogP contribution in [-0.4, -0.2) is 43.0 Å². The topological polar surface area (TPSA) is 111 Å². The lowest BCUT2D eigenvalue weighted by atomic mass is 9.95. The molecule has 2 aromatic carbocycles. The maximum Gasteiger partial charge on any atom is 0.231 e. The second-order valence-corrected chi connectivity index (χ2v) is 7.01. The Hall–Kier alpha value is -3.52. The van der Waals surface area contributed by atoms with Crippen LogP contribution in [0, 0.1) is 5.92 Å². The van der Waals surface area contributed by atoms with E-state index in [0.717, 1.165) is 28.2 Å². The second-order valence-electron chi connectivity index (χ2n) is 7.01. The van der Waals surface area contributed by atoms with Gasteiger partial charge in [-0.25, -0.2) is 0 Å². The Balaban J connectivity index is 1.52. The number of ether oxygens (including phenoxy) is 3. The smallest absolute Gasteiger partial charge is 0.231 e. The number of nitrogens with one attached hydrogen (secondary N) is 2. The number of benzene rings is 2. The highest BCUT2D eigenvalue weighted by Crippen LogP contribution is 2.33. The summed E-state index contributed by atoms with van der Waals surface area (Å²) in [4.78, 5) is 13.0. The third-order valence-corrected chi connectivity index (χ3v) is 4.99. The molecule has 0 radical (unpaired) electrons. The fourth-order valence-electron chi connectivity index (χ4n) is 3.40. The average Bonchev–Trinajstić information content (AvgIpc) is 3.32. The van der Waals surface area contributed by atoms with Crippen LogP contribution in [-0.2, 0) is 11.2 Å². The number of carbonyl (C=O) groups is 1. The van der Waals surface area contributed by atoms with Crippen LogP contribution in [0.3, 0.4) is 0 Å². The van der Waals surface area contributed by atoms with E-state index < -0.39 is 0 Å². The van der Waals surface area contributed by atoms with Gasteiger partial charge in [0, 0.05) is 18.3 Å². The Morgan fingerprint density at radius 1 is 1.30 bits per heavy atom. The minimum atomic E-state index is -0.319. The molecular weight excluding hydrogens is 384 g/mol. The summed E-state index contributed by atoms with van der Waals surface area (Å²) in [6.45, 7) is 1.03. The standard InChI is InChI=1S/C22H24N4O4/c1-28-18-3-5-20-15(9-18)8-16(13-30-20)22(27)26-19-4-2-14(17-11-24-25-12-17)10-21(19)29-7-6-23/h2-5,9-12,16H,6-8,13,23H2,1H3,(H,24,25)(H,26,27). The van der Waals surface area contributed by atoms with Crippen LogP contribution in [0.25, 0.3) is 11.1 Å². The molecule has 8 nitrogen and oxygen atoms in total. The van der Waals surface area contributed by atoms with Crippen LogP contribution < -0.4 is 25.3 Å². The Morgan fingerprint density at radius 2 is 2.20 bits per heavy atom. The van der Waals surface area contributed by atoms with Crippen molar-refractivity contribution in [2.24, 2.45) is 11.7 Å². The Morgan fingerprint density at radius 3 is 2.97 bits per heavy atom. The molecule has 1 aliphatic rings. The zero-order chi connectivity index (χ0) is 20.9. The average molecular weight is 408 g/mol. The number of H-pyrrole nitrogens is 1. The molecule has 0 bridgehead atoms. The van der Waals surface area contributed by atoms with E-state index in [-0.39, 0.29) is 11.8 Å². The first kappa shape index (κ1) is 19.8. The van der Waals surface area contributed by atoms with Gasteiger partial charge in [-0.3, -0.25) is 9.89 Å². The summed E-state index contributed by atoms with van der Waals surface area (Å²) in [5.74, 6) is 1.64. The number of anilines is 1. The lowest BCUT2D eigenvalue weighted by molar-refractivity contribution is -0.121. The van der Waals surface area contributed by atoms with Gasteiger partial charge in [-0.15, -0.1) is 0 Å². The molecule has 156 valence electrons. The van der Waals surface area contributed by atoms with Gasteiger partial charge in [0.2, 0.25) is 5.91 Å². The molecular formula is C22H24N4O4. The first-order valence-corrected chi connectivity index (χ1v) is 9.74. The number of hydrogen-bond acceptors (Lipinski definition) is 6. The highest BCUT2D eigenvalue weighted by Gasteiger charge is 2.27. The maximum absolute atomic E-state index is 13.0. The highest BCUT2D eigenvalue weighted by atomic mass is 16.5. The van der Waals surface area contributed by atoms with Crippen molar-refractivity contribution in [2.75, 3.05) is 32.2 Å². The summed E-state index contributed by atoms with van der Waals surface area (Å²) < 4.78 is 16.8. The molecule has 4 rings (SSSR count). The summed E-state index contributed by atoms with van der Waals surface area (Å²) in [6, 6.07) is 11.2. The second kappa shape index (κ2) is 8.87. The van der Waals surface area contributed by atoms with Gasteiger partial charge in [0.1, 0.15) is 30.5 Å². The minimum absolute atomic E-state index is 0.128. The number of aromatic amines is 1. The van der Waals surface area contributed by atoms with Crippen molar-refractivity contribution in [3.05, 3.63) is 54.4 Å². The van der Waals surface area contributed by atoms with E-state index in [1.807, 2.05) is 36.4 Å². The summed E-state index contributed by atoms with van der Waals surface area (Å²) in [7, 11) is 1.62. The molecule has 1 aromatic heterocycles. The number of amides is 1. The number of aromatic nitrogens is 2. The highest BCUT2D eigenvalue weighted by molar-refractivity contribution is 5.95. The van der Waals surface area contributed by atoms with Crippen molar-refractivity contribution in [2.45, 2.75) is 6.42 Å². The third-order valence-electron chi connectivity index (χ3n) is 4.99. The lowest BCUT2D eigenvalue weighted by Gasteiger charge is -2.25. The zero-order valence-corrected chi connectivity index (χ0v) is 16.7. The van der Waals surface area contributed by atoms with Gasteiger partial charge in [-0.2, -0.15) is 5.10 Å². The summed E-state index contributed by atoms with van der Waals surface area (Å²) in [5.41, 5.74) is 9.00. The number of methoxy groups -OCH3 is 1. The van der Waals surface area contributed by atoms with Gasteiger partial charge < -0.3 is 25.3 Å². The third kappa shape index (κ3) is 4.23. The number of nitrogens with two attached hydrogens (primary N) is 1. The quantitative estimate of drug-likeness (QED) is 0.554. The molecule has 8 heteroatoms. The SMILES string of the molecule is COc1ccc2c(c1)CC(C(=O)Nc1ccc(-c3cn[nH]c3)cc1OCCN)CO2. The Kier molecular flexibility index (Phi) is 5.85. The molecule has 1 unspecified atom stereocenters. The van der Waals surface area contributed by atoms with Crippen molar-refractivity contribution in [1.82, 2.24) is 10.2 Å². The van der Waals surface area contributed by atoms with E-state index in [0.29, 0.717) is 37.6 Å². The molecule has 1 aliphatic heterocycles. The van der Waals surface area contributed by atoms with Crippen LogP contribution in [0.2, 0.25) is 0 Å². The predicted molar refractivity (Wildman–Crippen MR) is 113 cm³/mol. The van der Waals surface area contributed by atoms with E-state index in [2.05, 4.69) is 15.5 Å². The molecule has 4 N–H and O–H groups in total. The monoisotopic (exact) mass is 408 g/mol. The zero-order valence-electron chi connectivity index (χ0n) is 16.7. The van der Waals surface area contributed by atoms with E-state index in [1.165, 1.54) is 0 Å². The van der Waals surface area contributed by atoms with E-state index in [9.17, 15) is 4.79 Å². The van der Waals surface area contributed by atoms with Crippen molar-refractivity contribution in [1.29, 1.82) is 0 Å². The predicted octanol–water partition coefficient (Wildman–Crippen LogP) is 2.61. The van der Waals surface area contributed by atoms with Gasteiger partial charge >= 0.3 is 0 Å². The van der Waals surface area contributed by atoms with Crippen LogP contribution in [0.1, 0.15) is 5.56 Å². The van der Waals surface area contributed by atoms with Crippen molar-refractivity contribution in [3.63, 3.8) is 0 Å². The first-order chi connectivity index (χ1) is 14.7. The number of nitrogens with zero attached hydrogens (tertiary/aromatic N) is 1. The number of rotatable bonds is 7. The molecule has 2 heterocycles. The largest absolute Gasteiger partial charge is 0.497 e. The van der Waals surface area contributed by atoms with Gasteiger partial charge in [0.15, 0.2) is 0 Å². The van der Waals surface area contributed by atoms with Gasteiger partial charge in [0.25, 0.3) is 0 Å². The fraction of sp³-hybridized carbons (Fsp3) is 0.273. The first-order valence-electron chi connectivity index (χ1n) is 9.74. The summed E-state index contributed by atoms with van der Waals surface area (Å²) in [6.07, 6.45) is 4.10. The Bertz CT molecular complexity index is 1020. The van der Waals surface area contributed by atoms with Crippen molar-refractivity contribution in [3.8, 4) is 28.4 Å². The molecule has 0 spiro atoms. The van der Waals surface area contributed by atoms with E-state index in [4.69, 9.17) is 19.9 Å². The fourth-order valence-corrected chi connectivity index (χ4v) is 3.40. The molecule has 0 saturated heterocycles. The lowest BCUT2D eigenvalue weighted by Crippen LogP contribution is -2.32. The number of fused-ring (bicyclic) bond motifs is 1. The van der Waals surface area contributed by atoms with Gasteiger partial charge in [0.05, 0.1) is 24.9 Å². The van der Waals surface area contributed by atoms with Gasteiger partial charge in [-0.1, -0.05) is 6.07 Å². The molecule has 0 aliphatic carbocycles. The normalized spacial score (nSPS) is 15.1. The van der Waals surface area contributed by atoms with Crippen LogP contribution in [0.5, 0.6) is 17.2 Å². The van der Waals surface area contributed by atoms with E-state index >= 15 is 0 Å². The van der Waals surface area contributed by atoms with Gasteiger partial charge in [-0.05, 0) is 47.9 Å². The minimum Gasteiger partial charge on any atom is -0.497 e. The molecule has 0 saturated carbocycles. The molecule has 3 aromatic rings. The number of hydrogen-bond donors (Lipinski definition) is 3. The molecule has 30 heavy (non-hydrogen) atoms.